The van der Waals surface area contributed by atoms with Gasteiger partial charge in [0.15, 0.2) is 0 Å². The van der Waals surface area contributed by atoms with Crippen molar-refractivity contribution in [2.75, 3.05) is 5.32 Å². The van der Waals surface area contributed by atoms with Crippen LogP contribution in [0.3, 0.4) is 0 Å². The summed E-state index contributed by atoms with van der Waals surface area (Å²) in [5.41, 5.74) is 4.30. The molecule has 0 atom stereocenters. The molecule has 2 heterocycles. The maximum Gasteiger partial charge on any atom is 0.256 e. The number of hydrogen-bond acceptors (Lipinski definition) is 2. The van der Waals surface area contributed by atoms with Crippen molar-refractivity contribution in [1.29, 1.82) is 0 Å². The second-order valence-electron chi connectivity index (χ2n) is 5.66. The molecule has 1 N–H and O–H groups in total. The molecular formula is C19H14ClN3O. The molecule has 0 saturated heterocycles. The lowest BCUT2D eigenvalue weighted by Crippen LogP contribution is -2.03. The van der Waals surface area contributed by atoms with Crippen molar-refractivity contribution < 1.29 is 4.79 Å². The zero-order valence-electron chi connectivity index (χ0n) is 12.7. The first kappa shape index (κ1) is 14.7. The molecule has 0 saturated carbocycles. The molecule has 1 aliphatic heterocycles. The summed E-state index contributed by atoms with van der Waals surface area (Å²) in [4.78, 5) is 12.2. The van der Waals surface area contributed by atoms with Gasteiger partial charge in [0.2, 0.25) is 0 Å². The third kappa shape index (κ3) is 2.84. The highest BCUT2D eigenvalue weighted by Gasteiger charge is 2.24. The fourth-order valence-corrected chi connectivity index (χ4v) is 2.96. The van der Waals surface area contributed by atoms with Crippen LogP contribution in [0.25, 0.3) is 11.6 Å². The summed E-state index contributed by atoms with van der Waals surface area (Å²) in [5, 5.41) is 7.81. The summed E-state index contributed by atoms with van der Waals surface area (Å²) in [6.07, 6.45) is 5.54. The molecule has 4 nitrogen and oxygen atoms in total. The summed E-state index contributed by atoms with van der Waals surface area (Å²) in [5.74, 6) is -0.122. The van der Waals surface area contributed by atoms with E-state index in [0.717, 1.165) is 16.8 Å². The maximum atomic E-state index is 12.2. The standard InChI is InChI=1S/C19H14ClN3O/c20-15-6-7-16-17(19(24)22-18(16)9-15)8-14-10-21-23(12-14)11-13-4-2-1-3-5-13/h1-10,12H,11H2,(H,22,24)/b17-8+. The van der Waals surface area contributed by atoms with E-state index < -0.39 is 0 Å². The topological polar surface area (TPSA) is 46.9 Å². The van der Waals surface area contributed by atoms with E-state index in [2.05, 4.69) is 22.5 Å². The molecule has 4 rings (SSSR count). The molecule has 0 unspecified atom stereocenters. The molecule has 5 heteroatoms. The average Bonchev–Trinajstić information content (AvgIpc) is 3.13. The highest BCUT2D eigenvalue weighted by Crippen LogP contribution is 2.34. The van der Waals surface area contributed by atoms with Crippen molar-refractivity contribution >= 4 is 34.8 Å². The Kier molecular flexibility index (Phi) is 3.67. The number of carbonyl (C=O) groups is 1. The van der Waals surface area contributed by atoms with Crippen LogP contribution in [0, 0.1) is 0 Å². The van der Waals surface area contributed by atoms with E-state index in [-0.39, 0.29) is 5.91 Å². The van der Waals surface area contributed by atoms with Gasteiger partial charge in [-0.15, -0.1) is 0 Å². The van der Waals surface area contributed by atoms with Crippen LogP contribution in [0.1, 0.15) is 16.7 Å². The van der Waals surface area contributed by atoms with E-state index in [4.69, 9.17) is 11.6 Å². The van der Waals surface area contributed by atoms with Crippen LogP contribution in [0.4, 0.5) is 5.69 Å². The largest absolute Gasteiger partial charge is 0.321 e. The lowest BCUT2D eigenvalue weighted by atomic mass is 10.1. The van der Waals surface area contributed by atoms with Gasteiger partial charge in [-0.05, 0) is 23.8 Å². The normalized spacial score (nSPS) is 14.7. The lowest BCUT2D eigenvalue weighted by Gasteiger charge is -2.00. The maximum absolute atomic E-state index is 12.2. The molecule has 0 fully saturated rings. The molecule has 118 valence electrons. The number of halogens is 1. The highest BCUT2D eigenvalue weighted by atomic mass is 35.5. The number of benzene rings is 2. The number of nitrogens with zero attached hydrogens (tertiary/aromatic N) is 2. The first-order valence-corrected chi connectivity index (χ1v) is 7.96. The smallest absolute Gasteiger partial charge is 0.256 e. The number of amides is 1. The fourth-order valence-electron chi connectivity index (χ4n) is 2.79. The second kappa shape index (κ2) is 5.98. The van der Waals surface area contributed by atoms with Gasteiger partial charge in [0.1, 0.15) is 0 Å². The minimum atomic E-state index is -0.122. The van der Waals surface area contributed by atoms with Gasteiger partial charge in [0, 0.05) is 27.9 Å². The second-order valence-corrected chi connectivity index (χ2v) is 6.10. The molecule has 1 aliphatic rings. The summed E-state index contributed by atoms with van der Waals surface area (Å²) < 4.78 is 1.86. The molecular weight excluding hydrogens is 322 g/mol. The monoisotopic (exact) mass is 335 g/mol. The van der Waals surface area contributed by atoms with Gasteiger partial charge in [-0.1, -0.05) is 48.0 Å². The molecule has 1 amide bonds. The van der Waals surface area contributed by atoms with Crippen molar-refractivity contribution in [1.82, 2.24) is 9.78 Å². The predicted molar refractivity (Wildman–Crippen MR) is 95.7 cm³/mol. The third-order valence-electron chi connectivity index (χ3n) is 3.92. The quantitative estimate of drug-likeness (QED) is 0.733. The molecule has 0 bridgehead atoms. The minimum Gasteiger partial charge on any atom is -0.321 e. The predicted octanol–water partition coefficient (Wildman–Crippen LogP) is 4.08. The SMILES string of the molecule is O=C1Nc2cc(Cl)ccc2/C1=C\c1cnn(Cc2ccccc2)c1. The first-order chi connectivity index (χ1) is 11.7. The van der Waals surface area contributed by atoms with Crippen molar-refractivity contribution in [3.8, 4) is 0 Å². The van der Waals surface area contributed by atoms with Crippen molar-refractivity contribution in [3.63, 3.8) is 0 Å². The minimum absolute atomic E-state index is 0.122. The number of carbonyl (C=O) groups excluding carboxylic acids is 1. The zero-order valence-corrected chi connectivity index (χ0v) is 13.5. The Morgan fingerprint density at radius 3 is 2.83 bits per heavy atom. The number of fused-ring (bicyclic) bond motifs is 1. The van der Waals surface area contributed by atoms with Gasteiger partial charge in [-0.2, -0.15) is 5.10 Å². The Bertz CT molecular complexity index is 944. The van der Waals surface area contributed by atoms with Crippen LogP contribution in [0.5, 0.6) is 0 Å². The van der Waals surface area contributed by atoms with Crippen LogP contribution in [-0.4, -0.2) is 15.7 Å². The first-order valence-electron chi connectivity index (χ1n) is 7.58. The van der Waals surface area contributed by atoms with Crippen LogP contribution in [0.2, 0.25) is 5.02 Å². The molecule has 2 aromatic carbocycles. The number of anilines is 1. The van der Waals surface area contributed by atoms with E-state index in [1.54, 1.807) is 18.3 Å². The lowest BCUT2D eigenvalue weighted by molar-refractivity contribution is -0.110. The summed E-state index contributed by atoms with van der Waals surface area (Å²) in [7, 11) is 0. The molecule has 3 aromatic rings. The third-order valence-corrected chi connectivity index (χ3v) is 4.15. The van der Waals surface area contributed by atoms with Crippen LogP contribution in [0.15, 0.2) is 60.9 Å². The molecule has 24 heavy (non-hydrogen) atoms. The molecule has 0 radical (unpaired) electrons. The Hall–Kier alpha value is -2.85. The highest BCUT2D eigenvalue weighted by molar-refractivity contribution is 6.36. The van der Waals surface area contributed by atoms with Crippen LogP contribution >= 0.6 is 11.6 Å². The molecule has 1 aromatic heterocycles. The number of hydrogen-bond donors (Lipinski definition) is 1. The van der Waals surface area contributed by atoms with E-state index in [9.17, 15) is 4.79 Å². The van der Waals surface area contributed by atoms with Crippen molar-refractivity contribution in [2.24, 2.45) is 0 Å². The van der Waals surface area contributed by atoms with Gasteiger partial charge in [0.05, 0.1) is 18.4 Å². The summed E-state index contributed by atoms with van der Waals surface area (Å²) in [6, 6.07) is 15.5. The Morgan fingerprint density at radius 2 is 2.00 bits per heavy atom. The van der Waals surface area contributed by atoms with Gasteiger partial charge in [0.25, 0.3) is 5.91 Å². The van der Waals surface area contributed by atoms with E-state index in [1.165, 1.54) is 5.56 Å². The van der Waals surface area contributed by atoms with Crippen LogP contribution < -0.4 is 5.32 Å². The van der Waals surface area contributed by atoms with Gasteiger partial charge < -0.3 is 5.32 Å². The number of rotatable bonds is 3. The van der Waals surface area contributed by atoms with Crippen LogP contribution in [-0.2, 0) is 11.3 Å². The Labute approximate surface area is 144 Å². The number of aromatic nitrogens is 2. The van der Waals surface area contributed by atoms with Gasteiger partial charge >= 0.3 is 0 Å². The summed E-state index contributed by atoms with van der Waals surface area (Å²) >= 11 is 5.98. The summed E-state index contributed by atoms with van der Waals surface area (Å²) in [6.45, 7) is 0.697. The Morgan fingerprint density at radius 1 is 1.17 bits per heavy atom. The van der Waals surface area contributed by atoms with Gasteiger partial charge in [-0.25, -0.2) is 0 Å². The number of nitrogens with one attached hydrogen (secondary N) is 1. The van der Waals surface area contributed by atoms with E-state index in [1.807, 2.05) is 41.2 Å². The average molecular weight is 336 g/mol. The van der Waals surface area contributed by atoms with Gasteiger partial charge in [-0.3, -0.25) is 9.48 Å². The van der Waals surface area contributed by atoms with E-state index in [0.29, 0.717) is 17.1 Å². The van der Waals surface area contributed by atoms with Crippen molar-refractivity contribution in [3.05, 3.63) is 82.6 Å². The Balaban J connectivity index is 1.62. The zero-order chi connectivity index (χ0) is 16.5. The fraction of sp³-hybridized carbons (Fsp3) is 0.0526. The molecule has 0 aliphatic carbocycles. The van der Waals surface area contributed by atoms with Crippen molar-refractivity contribution in [2.45, 2.75) is 6.54 Å². The molecule has 0 spiro atoms. The van der Waals surface area contributed by atoms with E-state index >= 15 is 0 Å².